The number of aliphatic hydroxyl groups is 1. The van der Waals surface area contributed by atoms with Crippen LogP contribution in [0.15, 0.2) is 18.2 Å². The van der Waals surface area contributed by atoms with Crippen molar-refractivity contribution in [2.24, 2.45) is 5.92 Å². The van der Waals surface area contributed by atoms with E-state index in [0.29, 0.717) is 17.5 Å². The molecule has 0 amide bonds. The zero-order valence-corrected chi connectivity index (χ0v) is 11.1. The Morgan fingerprint density at radius 2 is 2.24 bits per heavy atom. The van der Waals surface area contributed by atoms with E-state index in [0.717, 1.165) is 24.3 Å². The highest BCUT2D eigenvalue weighted by atomic mass is 35.5. The molecule has 0 aliphatic heterocycles. The van der Waals surface area contributed by atoms with Crippen molar-refractivity contribution < 1.29 is 9.84 Å². The van der Waals surface area contributed by atoms with Crippen molar-refractivity contribution in [2.75, 3.05) is 20.3 Å². The number of methoxy groups -OCH3 is 1. The minimum Gasteiger partial charge on any atom is -0.496 e. The molecule has 1 unspecified atom stereocenters. The Kier molecular flexibility index (Phi) is 6.34. The zero-order chi connectivity index (χ0) is 12.7. The molecule has 0 aliphatic carbocycles. The van der Waals surface area contributed by atoms with Gasteiger partial charge < -0.3 is 15.2 Å². The van der Waals surface area contributed by atoms with Crippen molar-refractivity contribution >= 4 is 11.6 Å². The summed E-state index contributed by atoms with van der Waals surface area (Å²) in [5.41, 5.74) is 0.980. The third-order valence-electron chi connectivity index (χ3n) is 2.71. The summed E-state index contributed by atoms with van der Waals surface area (Å²) in [7, 11) is 1.64. The predicted molar refractivity (Wildman–Crippen MR) is 70.6 cm³/mol. The lowest BCUT2D eigenvalue weighted by Crippen LogP contribution is -2.21. The van der Waals surface area contributed by atoms with Gasteiger partial charge in [0.1, 0.15) is 5.75 Å². The number of hydrogen-bond donors (Lipinski definition) is 2. The molecule has 0 saturated heterocycles. The van der Waals surface area contributed by atoms with Crippen molar-refractivity contribution in [3.63, 3.8) is 0 Å². The highest BCUT2D eigenvalue weighted by Gasteiger charge is 2.07. The first kappa shape index (κ1) is 14.3. The molecule has 1 aromatic rings. The van der Waals surface area contributed by atoms with Crippen LogP contribution in [0, 0.1) is 5.92 Å². The summed E-state index contributed by atoms with van der Waals surface area (Å²) < 4.78 is 5.27. The van der Waals surface area contributed by atoms with Crippen LogP contribution in [0.2, 0.25) is 5.02 Å². The summed E-state index contributed by atoms with van der Waals surface area (Å²) in [5, 5.41) is 12.9. The van der Waals surface area contributed by atoms with Gasteiger partial charge in [0.05, 0.1) is 7.11 Å². The number of halogens is 1. The Bertz CT molecular complexity index is 344. The quantitative estimate of drug-likeness (QED) is 0.789. The van der Waals surface area contributed by atoms with E-state index >= 15 is 0 Å². The fraction of sp³-hybridized carbons (Fsp3) is 0.538. The highest BCUT2D eigenvalue weighted by Crippen LogP contribution is 2.25. The van der Waals surface area contributed by atoms with E-state index in [1.807, 2.05) is 18.2 Å². The minimum absolute atomic E-state index is 0.234. The molecule has 2 N–H and O–H groups in total. The molecule has 0 aliphatic rings. The molecule has 1 atom stereocenters. The molecule has 17 heavy (non-hydrogen) atoms. The second-order valence-electron chi connectivity index (χ2n) is 4.17. The lowest BCUT2D eigenvalue weighted by atomic mass is 10.1. The molecule has 0 bridgehead atoms. The first-order valence-electron chi connectivity index (χ1n) is 5.82. The number of aliphatic hydroxyl groups excluding tert-OH is 1. The van der Waals surface area contributed by atoms with E-state index in [2.05, 4.69) is 12.2 Å². The Hall–Kier alpha value is -0.770. The lowest BCUT2D eigenvalue weighted by molar-refractivity contribution is 0.260. The van der Waals surface area contributed by atoms with E-state index in [4.69, 9.17) is 21.4 Å². The topological polar surface area (TPSA) is 41.5 Å². The molecule has 0 aromatic heterocycles. The highest BCUT2D eigenvalue weighted by molar-refractivity contribution is 6.31. The summed E-state index contributed by atoms with van der Waals surface area (Å²) in [6.07, 6.45) is 0.812. The van der Waals surface area contributed by atoms with Crippen molar-refractivity contribution in [1.29, 1.82) is 0 Å². The van der Waals surface area contributed by atoms with Gasteiger partial charge in [-0.25, -0.2) is 0 Å². The van der Waals surface area contributed by atoms with E-state index in [1.54, 1.807) is 7.11 Å². The van der Waals surface area contributed by atoms with Crippen LogP contribution in [0.3, 0.4) is 0 Å². The SMILES string of the molecule is COc1cccc(Cl)c1CNCC(C)CCO. The normalized spacial score (nSPS) is 12.5. The van der Waals surface area contributed by atoms with Crippen LogP contribution in [0.25, 0.3) is 0 Å². The van der Waals surface area contributed by atoms with E-state index < -0.39 is 0 Å². The molecule has 96 valence electrons. The van der Waals surface area contributed by atoms with Crippen LogP contribution >= 0.6 is 11.6 Å². The Morgan fingerprint density at radius 3 is 2.88 bits per heavy atom. The van der Waals surface area contributed by atoms with E-state index in [9.17, 15) is 0 Å². The Morgan fingerprint density at radius 1 is 1.47 bits per heavy atom. The fourth-order valence-electron chi connectivity index (χ4n) is 1.67. The molecule has 3 nitrogen and oxygen atoms in total. The van der Waals surface area contributed by atoms with Crippen LogP contribution in [0.4, 0.5) is 0 Å². The van der Waals surface area contributed by atoms with Crippen molar-refractivity contribution in [3.8, 4) is 5.75 Å². The Labute approximate surface area is 108 Å². The van der Waals surface area contributed by atoms with Gasteiger partial charge in [-0.1, -0.05) is 24.6 Å². The van der Waals surface area contributed by atoms with Gasteiger partial charge in [0, 0.05) is 23.7 Å². The maximum Gasteiger partial charge on any atom is 0.124 e. The maximum absolute atomic E-state index is 8.81. The number of rotatable bonds is 7. The summed E-state index contributed by atoms with van der Waals surface area (Å²) in [4.78, 5) is 0. The Balaban J connectivity index is 2.51. The number of nitrogens with one attached hydrogen (secondary N) is 1. The molecule has 0 fully saturated rings. The van der Waals surface area contributed by atoms with Gasteiger partial charge >= 0.3 is 0 Å². The molecule has 1 rings (SSSR count). The minimum atomic E-state index is 0.234. The fourth-order valence-corrected chi connectivity index (χ4v) is 1.90. The van der Waals surface area contributed by atoms with Gasteiger partial charge in [0.15, 0.2) is 0 Å². The molecular weight excluding hydrogens is 238 g/mol. The van der Waals surface area contributed by atoms with Crippen LogP contribution in [0.1, 0.15) is 18.9 Å². The third kappa shape index (κ3) is 4.54. The summed E-state index contributed by atoms with van der Waals surface area (Å²) >= 11 is 6.12. The number of benzene rings is 1. The predicted octanol–water partition coefficient (Wildman–Crippen LogP) is 2.46. The monoisotopic (exact) mass is 257 g/mol. The van der Waals surface area contributed by atoms with Gasteiger partial charge in [0.25, 0.3) is 0 Å². The van der Waals surface area contributed by atoms with Gasteiger partial charge in [0.2, 0.25) is 0 Å². The molecular formula is C13H20ClNO2. The molecule has 4 heteroatoms. The molecule has 0 spiro atoms. The van der Waals surface area contributed by atoms with Crippen LogP contribution in [-0.4, -0.2) is 25.4 Å². The third-order valence-corrected chi connectivity index (χ3v) is 3.07. The van der Waals surface area contributed by atoms with Crippen LogP contribution in [0.5, 0.6) is 5.75 Å². The lowest BCUT2D eigenvalue weighted by Gasteiger charge is -2.14. The number of ether oxygens (including phenoxy) is 1. The summed E-state index contributed by atoms with van der Waals surface area (Å²) in [6.45, 7) is 3.87. The van der Waals surface area contributed by atoms with Gasteiger partial charge in [-0.05, 0) is 31.0 Å². The number of hydrogen-bond acceptors (Lipinski definition) is 3. The van der Waals surface area contributed by atoms with Gasteiger partial charge in [-0.2, -0.15) is 0 Å². The van der Waals surface area contributed by atoms with Crippen molar-refractivity contribution in [1.82, 2.24) is 5.32 Å². The molecule has 1 aromatic carbocycles. The maximum atomic E-state index is 8.81. The average Bonchev–Trinajstić information content (AvgIpc) is 2.31. The van der Waals surface area contributed by atoms with Crippen molar-refractivity contribution in [2.45, 2.75) is 19.9 Å². The second kappa shape index (κ2) is 7.54. The van der Waals surface area contributed by atoms with Gasteiger partial charge in [-0.15, -0.1) is 0 Å². The summed E-state index contributed by atoms with van der Waals surface area (Å²) in [5.74, 6) is 1.26. The van der Waals surface area contributed by atoms with Crippen LogP contribution < -0.4 is 10.1 Å². The van der Waals surface area contributed by atoms with E-state index in [1.165, 1.54) is 0 Å². The van der Waals surface area contributed by atoms with Crippen LogP contribution in [-0.2, 0) is 6.54 Å². The van der Waals surface area contributed by atoms with E-state index in [-0.39, 0.29) is 6.61 Å². The van der Waals surface area contributed by atoms with Crippen molar-refractivity contribution in [3.05, 3.63) is 28.8 Å². The first-order valence-corrected chi connectivity index (χ1v) is 6.19. The first-order chi connectivity index (χ1) is 8.19. The smallest absolute Gasteiger partial charge is 0.124 e. The summed E-state index contributed by atoms with van der Waals surface area (Å²) in [6, 6.07) is 5.64. The average molecular weight is 258 g/mol. The largest absolute Gasteiger partial charge is 0.496 e. The molecule has 0 saturated carbocycles. The molecule has 0 heterocycles. The molecule has 0 radical (unpaired) electrons. The zero-order valence-electron chi connectivity index (χ0n) is 10.4. The van der Waals surface area contributed by atoms with Gasteiger partial charge in [-0.3, -0.25) is 0 Å². The standard InChI is InChI=1S/C13H20ClNO2/c1-10(6-7-16)8-15-9-11-12(14)4-3-5-13(11)17-2/h3-5,10,15-16H,6-9H2,1-2H3. The second-order valence-corrected chi connectivity index (χ2v) is 4.58.